The van der Waals surface area contributed by atoms with Crippen molar-refractivity contribution in [3.05, 3.63) is 48.2 Å². The normalized spacial score (nSPS) is 11.2. The highest BCUT2D eigenvalue weighted by molar-refractivity contribution is 6.06. The Bertz CT molecular complexity index is 904. The highest BCUT2D eigenvalue weighted by atomic mass is 16.5. The number of carbonyl (C=O) groups excluding carboxylic acids is 1. The summed E-state index contributed by atoms with van der Waals surface area (Å²) in [5.41, 5.74) is 4.41. The molecule has 5 heteroatoms. The molecule has 3 aromatic rings. The molecule has 3 rings (SSSR count). The van der Waals surface area contributed by atoms with Gasteiger partial charge in [0.25, 0.3) is 5.91 Å². The Morgan fingerprint density at radius 2 is 1.87 bits per heavy atom. The number of benzene rings is 2. The van der Waals surface area contributed by atoms with E-state index in [1.807, 2.05) is 48.1 Å². The highest BCUT2D eigenvalue weighted by Crippen LogP contribution is 2.26. The number of rotatable bonds is 3. The summed E-state index contributed by atoms with van der Waals surface area (Å²) < 4.78 is 7.33. The number of amides is 1. The number of ether oxygens (including phenoxy) is 1. The summed E-state index contributed by atoms with van der Waals surface area (Å²) in [7, 11) is 7.23. The third-order valence-corrected chi connectivity index (χ3v) is 3.85. The van der Waals surface area contributed by atoms with Crippen LogP contribution in [0.5, 0.6) is 5.75 Å². The van der Waals surface area contributed by atoms with Crippen LogP contribution in [-0.2, 0) is 7.05 Å². The van der Waals surface area contributed by atoms with Crippen LogP contribution in [0, 0.1) is 0 Å². The molecule has 0 atom stereocenters. The van der Waals surface area contributed by atoms with E-state index in [9.17, 15) is 4.79 Å². The van der Waals surface area contributed by atoms with Gasteiger partial charge in [0, 0.05) is 31.1 Å². The number of aromatic nitrogens is 1. The van der Waals surface area contributed by atoms with Gasteiger partial charge in [0.15, 0.2) is 6.20 Å². The highest BCUT2D eigenvalue weighted by Gasteiger charge is 2.15. The maximum Gasteiger partial charge on any atom is 0.265 e. The molecule has 0 saturated carbocycles. The monoisotopic (exact) mass is 310 g/mol. The Hall–Kier alpha value is -2.66. The number of pyridine rings is 1. The average molecular weight is 310 g/mol. The van der Waals surface area contributed by atoms with Crippen LogP contribution >= 0.6 is 0 Å². The smallest absolute Gasteiger partial charge is 0.265 e. The van der Waals surface area contributed by atoms with E-state index in [-0.39, 0.29) is 5.91 Å². The van der Waals surface area contributed by atoms with Crippen LogP contribution in [0.15, 0.2) is 42.6 Å². The van der Waals surface area contributed by atoms with Gasteiger partial charge in [0.2, 0.25) is 5.52 Å². The fourth-order valence-electron chi connectivity index (χ4n) is 2.76. The van der Waals surface area contributed by atoms with Crippen molar-refractivity contribution in [3.8, 4) is 5.75 Å². The number of hydrogen-bond acceptors (Lipinski definition) is 3. The van der Waals surface area contributed by atoms with Gasteiger partial charge in [0.1, 0.15) is 12.8 Å². The molecule has 1 heterocycles. The number of nitrogens with one attached hydrogen (secondary N) is 1. The van der Waals surface area contributed by atoms with Gasteiger partial charge in [-0.1, -0.05) is 0 Å². The van der Waals surface area contributed by atoms with E-state index in [0.717, 1.165) is 27.4 Å². The SMILES string of the molecule is COc1ccc2c(c1)c[n+](C)c1cc(C(=O)NN(C)C)ccc21. The van der Waals surface area contributed by atoms with Crippen LogP contribution < -0.4 is 14.7 Å². The predicted octanol–water partition coefficient (Wildman–Crippen LogP) is 2.03. The summed E-state index contributed by atoms with van der Waals surface area (Å²) in [6.07, 6.45) is 2.05. The first-order valence-corrected chi connectivity index (χ1v) is 7.38. The minimum atomic E-state index is -0.119. The number of carbonyl (C=O) groups is 1. The van der Waals surface area contributed by atoms with E-state index in [0.29, 0.717) is 5.56 Å². The summed E-state index contributed by atoms with van der Waals surface area (Å²) in [6, 6.07) is 11.8. The number of methoxy groups -OCH3 is 1. The maximum absolute atomic E-state index is 12.2. The fraction of sp³-hybridized carbons (Fsp3) is 0.222. The number of nitrogens with zero attached hydrogens (tertiary/aromatic N) is 2. The van der Waals surface area contributed by atoms with Gasteiger partial charge < -0.3 is 4.74 Å². The summed E-state index contributed by atoms with van der Waals surface area (Å²) in [5.74, 6) is 0.713. The molecule has 0 aliphatic rings. The van der Waals surface area contributed by atoms with E-state index in [4.69, 9.17) is 4.74 Å². The van der Waals surface area contributed by atoms with E-state index in [1.54, 1.807) is 26.2 Å². The fourth-order valence-corrected chi connectivity index (χ4v) is 2.76. The number of hydrazine groups is 1. The molecular formula is C18H20N3O2+. The molecule has 0 spiro atoms. The van der Waals surface area contributed by atoms with Crippen LogP contribution in [0.4, 0.5) is 0 Å². The van der Waals surface area contributed by atoms with Crippen molar-refractivity contribution in [2.75, 3.05) is 21.2 Å². The lowest BCUT2D eigenvalue weighted by atomic mass is 10.0. The lowest BCUT2D eigenvalue weighted by Gasteiger charge is -2.12. The molecule has 1 amide bonds. The minimum absolute atomic E-state index is 0.119. The largest absolute Gasteiger partial charge is 0.497 e. The van der Waals surface area contributed by atoms with Crippen LogP contribution in [0.3, 0.4) is 0 Å². The Morgan fingerprint density at radius 1 is 1.13 bits per heavy atom. The molecule has 23 heavy (non-hydrogen) atoms. The second kappa shape index (κ2) is 5.85. The molecule has 0 unspecified atom stereocenters. The molecule has 0 aliphatic heterocycles. The topological polar surface area (TPSA) is 45.5 Å². The first kappa shape index (κ1) is 15.2. The quantitative estimate of drug-likeness (QED) is 0.457. The average Bonchev–Trinajstić information content (AvgIpc) is 2.53. The van der Waals surface area contributed by atoms with Crippen LogP contribution in [0.2, 0.25) is 0 Å². The van der Waals surface area contributed by atoms with Gasteiger partial charge in [-0.3, -0.25) is 10.2 Å². The molecule has 0 radical (unpaired) electrons. The van der Waals surface area contributed by atoms with Crippen LogP contribution in [0.25, 0.3) is 21.7 Å². The summed E-state index contributed by atoms with van der Waals surface area (Å²) in [4.78, 5) is 12.2. The van der Waals surface area contributed by atoms with Gasteiger partial charge in [0.05, 0.1) is 17.9 Å². The lowest BCUT2D eigenvalue weighted by molar-refractivity contribution is -0.643. The molecule has 0 aliphatic carbocycles. The molecule has 0 bridgehead atoms. The van der Waals surface area contributed by atoms with Gasteiger partial charge in [-0.15, -0.1) is 0 Å². The van der Waals surface area contributed by atoms with Crippen molar-refractivity contribution < 1.29 is 14.1 Å². The predicted molar refractivity (Wildman–Crippen MR) is 90.3 cm³/mol. The maximum atomic E-state index is 12.2. The van der Waals surface area contributed by atoms with Crippen molar-refractivity contribution in [3.63, 3.8) is 0 Å². The van der Waals surface area contributed by atoms with E-state index >= 15 is 0 Å². The van der Waals surface area contributed by atoms with E-state index in [2.05, 4.69) is 11.5 Å². The van der Waals surface area contributed by atoms with Crippen molar-refractivity contribution >= 4 is 27.6 Å². The molecular weight excluding hydrogens is 290 g/mol. The van der Waals surface area contributed by atoms with E-state index < -0.39 is 0 Å². The van der Waals surface area contributed by atoms with Gasteiger partial charge in [-0.25, -0.2) is 9.58 Å². The molecule has 0 saturated heterocycles. The van der Waals surface area contributed by atoms with Crippen LogP contribution in [0.1, 0.15) is 10.4 Å². The van der Waals surface area contributed by atoms with Crippen molar-refractivity contribution in [1.29, 1.82) is 0 Å². The van der Waals surface area contributed by atoms with Gasteiger partial charge in [-0.2, -0.15) is 0 Å². The second-order valence-electron chi connectivity index (χ2n) is 5.76. The van der Waals surface area contributed by atoms with Crippen molar-refractivity contribution in [2.45, 2.75) is 0 Å². The molecule has 2 aromatic carbocycles. The van der Waals surface area contributed by atoms with Crippen molar-refractivity contribution in [1.82, 2.24) is 10.4 Å². The summed E-state index contributed by atoms with van der Waals surface area (Å²) in [6.45, 7) is 0. The Labute approximate surface area is 135 Å². The lowest BCUT2D eigenvalue weighted by Crippen LogP contribution is -2.36. The Kier molecular flexibility index (Phi) is 3.88. The molecule has 1 N–H and O–H groups in total. The zero-order chi connectivity index (χ0) is 16.6. The van der Waals surface area contributed by atoms with Gasteiger partial charge in [-0.05, 0) is 30.3 Å². The minimum Gasteiger partial charge on any atom is -0.497 e. The molecule has 5 nitrogen and oxygen atoms in total. The molecule has 1 aromatic heterocycles. The van der Waals surface area contributed by atoms with Crippen LogP contribution in [-0.4, -0.2) is 32.1 Å². The standard InChI is InChI=1S/C18H19N3O2/c1-20(2)19-18(22)12-5-7-16-15-8-6-14(23-4)9-13(15)11-21(3)17(16)10-12/h5-11H,1-4H3/p+1. The van der Waals surface area contributed by atoms with E-state index in [1.165, 1.54) is 0 Å². The number of aryl methyl sites for hydroxylation is 1. The zero-order valence-corrected chi connectivity index (χ0v) is 13.8. The van der Waals surface area contributed by atoms with Gasteiger partial charge >= 0.3 is 0 Å². The molecule has 118 valence electrons. The Balaban J connectivity index is 2.18. The summed E-state index contributed by atoms with van der Waals surface area (Å²) >= 11 is 0. The molecule has 0 fully saturated rings. The first-order valence-electron chi connectivity index (χ1n) is 7.38. The Morgan fingerprint density at radius 3 is 2.57 bits per heavy atom. The number of fused-ring (bicyclic) bond motifs is 3. The first-order chi connectivity index (χ1) is 11.0. The third-order valence-electron chi connectivity index (χ3n) is 3.85. The zero-order valence-electron chi connectivity index (χ0n) is 13.8. The second-order valence-corrected chi connectivity index (χ2v) is 5.76. The number of hydrogen-bond donors (Lipinski definition) is 1. The van der Waals surface area contributed by atoms with Crippen molar-refractivity contribution in [2.24, 2.45) is 7.05 Å². The summed E-state index contributed by atoms with van der Waals surface area (Å²) in [5, 5.41) is 4.98. The third kappa shape index (κ3) is 2.83.